The molecule has 90 valence electrons. The second-order valence-corrected chi connectivity index (χ2v) is 3.87. The summed E-state index contributed by atoms with van der Waals surface area (Å²) >= 11 is 0. The molecule has 0 saturated carbocycles. The number of carbonyl (C=O) groups excluding carboxylic acids is 1. The van der Waals surface area contributed by atoms with Gasteiger partial charge in [0.15, 0.2) is 0 Å². The highest BCUT2D eigenvalue weighted by Gasteiger charge is 2.06. The number of nitrogens with zero attached hydrogens (tertiary/aromatic N) is 1. The zero-order valence-electron chi connectivity index (χ0n) is 9.86. The first-order valence-corrected chi connectivity index (χ1v) is 5.29. The van der Waals surface area contributed by atoms with Crippen LogP contribution in [0.2, 0.25) is 0 Å². The van der Waals surface area contributed by atoms with E-state index in [1.165, 1.54) is 0 Å². The highest BCUT2D eigenvalue weighted by atomic mass is 16.5. The van der Waals surface area contributed by atoms with E-state index in [0.717, 1.165) is 22.2 Å². The topological polar surface area (TPSA) is 69.3 Å². The van der Waals surface area contributed by atoms with E-state index in [1.54, 1.807) is 11.8 Å². The number of hydrogen-bond acceptors (Lipinski definition) is 3. The summed E-state index contributed by atoms with van der Waals surface area (Å²) in [6, 6.07) is 5.78. The lowest BCUT2D eigenvalue weighted by Gasteiger charge is -2.07. The number of nitrogens with one attached hydrogen (secondary N) is 1. The SMILES string of the molecule is COc1ccc2c(c1)c(C)cn2NCC(N)=O. The van der Waals surface area contributed by atoms with Crippen LogP contribution in [0.4, 0.5) is 0 Å². The van der Waals surface area contributed by atoms with Crippen molar-refractivity contribution in [3.05, 3.63) is 30.0 Å². The maximum Gasteiger partial charge on any atom is 0.238 e. The zero-order valence-corrected chi connectivity index (χ0v) is 9.86. The van der Waals surface area contributed by atoms with Gasteiger partial charge in [0.25, 0.3) is 0 Å². The lowest BCUT2D eigenvalue weighted by molar-refractivity contribution is -0.116. The van der Waals surface area contributed by atoms with Gasteiger partial charge in [-0.05, 0) is 30.7 Å². The molecule has 2 rings (SSSR count). The Balaban J connectivity index is 2.41. The van der Waals surface area contributed by atoms with Gasteiger partial charge in [0.2, 0.25) is 5.91 Å². The number of primary amides is 1. The van der Waals surface area contributed by atoms with E-state index in [0.29, 0.717) is 0 Å². The van der Waals surface area contributed by atoms with E-state index in [9.17, 15) is 4.79 Å². The van der Waals surface area contributed by atoms with Crippen LogP contribution in [0.3, 0.4) is 0 Å². The maximum atomic E-state index is 10.7. The van der Waals surface area contributed by atoms with E-state index < -0.39 is 5.91 Å². The number of aromatic nitrogens is 1. The van der Waals surface area contributed by atoms with Crippen LogP contribution in [0.25, 0.3) is 10.9 Å². The van der Waals surface area contributed by atoms with Crippen LogP contribution >= 0.6 is 0 Å². The van der Waals surface area contributed by atoms with Gasteiger partial charge in [-0.1, -0.05) is 0 Å². The number of ether oxygens (including phenoxy) is 1. The van der Waals surface area contributed by atoms with Gasteiger partial charge in [-0.2, -0.15) is 0 Å². The minimum atomic E-state index is -0.391. The molecular formula is C12H15N3O2. The minimum absolute atomic E-state index is 0.106. The molecule has 0 aliphatic carbocycles. The fourth-order valence-electron chi connectivity index (χ4n) is 1.79. The normalized spacial score (nSPS) is 10.5. The van der Waals surface area contributed by atoms with Crippen LogP contribution in [0.1, 0.15) is 5.56 Å². The Labute approximate surface area is 99.1 Å². The molecule has 5 nitrogen and oxygen atoms in total. The smallest absolute Gasteiger partial charge is 0.238 e. The number of amides is 1. The van der Waals surface area contributed by atoms with Gasteiger partial charge in [0.05, 0.1) is 12.6 Å². The Morgan fingerprint density at radius 3 is 2.94 bits per heavy atom. The maximum absolute atomic E-state index is 10.7. The van der Waals surface area contributed by atoms with Crippen molar-refractivity contribution in [2.45, 2.75) is 6.92 Å². The third kappa shape index (κ3) is 2.18. The van der Waals surface area contributed by atoms with Gasteiger partial charge >= 0.3 is 0 Å². The van der Waals surface area contributed by atoms with Crippen molar-refractivity contribution >= 4 is 16.8 Å². The second kappa shape index (κ2) is 4.37. The first-order valence-electron chi connectivity index (χ1n) is 5.29. The molecule has 0 saturated heterocycles. The summed E-state index contributed by atoms with van der Waals surface area (Å²) in [7, 11) is 1.64. The van der Waals surface area contributed by atoms with Crippen LogP contribution in [0, 0.1) is 6.92 Å². The summed E-state index contributed by atoms with van der Waals surface area (Å²) in [5.74, 6) is 0.422. The Bertz CT molecular complexity index is 560. The minimum Gasteiger partial charge on any atom is -0.497 e. The van der Waals surface area contributed by atoms with Gasteiger partial charge in [-0.15, -0.1) is 0 Å². The van der Waals surface area contributed by atoms with Crippen LogP contribution in [0.5, 0.6) is 5.75 Å². The molecule has 1 aromatic heterocycles. The number of rotatable bonds is 4. The molecular weight excluding hydrogens is 218 g/mol. The fraction of sp³-hybridized carbons (Fsp3) is 0.250. The largest absolute Gasteiger partial charge is 0.497 e. The van der Waals surface area contributed by atoms with Crippen LogP contribution < -0.4 is 15.9 Å². The quantitative estimate of drug-likeness (QED) is 0.827. The van der Waals surface area contributed by atoms with E-state index in [4.69, 9.17) is 10.5 Å². The van der Waals surface area contributed by atoms with Crippen molar-refractivity contribution in [2.24, 2.45) is 5.73 Å². The number of aryl methyl sites for hydroxylation is 1. The van der Waals surface area contributed by atoms with Gasteiger partial charge in [0, 0.05) is 11.6 Å². The number of fused-ring (bicyclic) bond motifs is 1. The Kier molecular flexibility index (Phi) is 2.91. The molecule has 0 spiro atoms. The van der Waals surface area contributed by atoms with E-state index in [-0.39, 0.29) is 6.54 Å². The number of benzene rings is 1. The molecule has 0 bridgehead atoms. The third-order valence-corrected chi connectivity index (χ3v) is 2.63. The van der Waals surface area contributed by atoms with Crippen LogP contribution in [-0.2, 0) is 4.79 Å². The Hall–Kier alpha value is -2.17. The Morgan fingerprint density at radius 1 is 1.53 bits per heavy atom. The molecule has 5 heteroatoms. The summed E-state index contributed by atoms with van der Waals surface area (Å²) in [6.45, 7) is 2.11. The average molecular weight is 233 g/mol. The molecule has 17 heavy (non-hydrogen) atoms. The first kappa shape index (κ1) is 11.3. The molecule has 3 N–H and O–H groups in total. The number of hydrogen-bond donors (Lipinski definition) is 2. The highest BCUT2D eigenvalue weighted by molar-refractivity contribution is 5.86. The monoisotopic (exact) mass is 233 g/mol. The summed E-state index contributed by atoms with van der Waals surface area (Å²) < 4.78 is 6.98. The molecule has 0 aliphatic heterocycles. The Morgan fingerprint density at radius 2 is 2.29 bits per heavy atom. The van der Waals surface area contributed by atoms with Gasteiger partial charge in [-0.25, -0.2) is 0 Å². The summed E-state index contributed by atoms with van der Waals surface area (Å²) in [5, 5.41) is 1.08. The molecule has 2 aromatic rings. The summed E-state index contributed by atoms with van der Waals surface area (Å²) in [6.07, 6.45) is 1.92. The summed E-state index contributed by atoms with van der Waals surface area (Å²) in [5.41, 5.74) is 10.1. The molecule has 0 radical (unpaired) electrons. The van der Waals surface area contributed by atoms with E-state index in [1.807, 2.05) is 31.3 Å². The lowest BCUT2D eigenvalue weighted by atomic mass is 10.2. The van der Waals surface area contributed by atoms with Gasteiger partial charge in [0.1, 0.15) is 12.3 Å². The molecule has 0 aliphatic rings. The average Bonchev–Trinajstić information content (AvgIpc) is 2.63. The lowest BCUT2D eigenvalue weighted by Crippen LogP contribution is -2.27. The van der Waals surface area contributed by atoms with Crippen molar-refractivity contribution in [1.29, 1.82) is 0 Å². The van der Waals surface area contributed by atoms with E-state index in [2.05, 4.69) is 5.43 Å². The molecule has 0 fully saturated rings. The van der Waals surface area contributed by atoms with Crippen molar-refractivity contribution in [3.8, 4) is 5.75 Å². The molecule has 0 unspecified atom stereocenters. The fourth-order valence-corrected chi connectivity index (χ4v) is 1.79. The number of nitrogens with two attached hydrogens (primary N) is 1. The highest BCUT2D eigenvalue weighted by Crippen LogP contribution is 2.24. The number of methoxy groups -OCH3 is 1. The van der Waals surface area contributed by atoms with E-state index >= 15 is 0 Å². The predicted molar refractivity (Wildman–Crippen MR) is 66.6 cm³/mol. The molecule has 1 heterocycles. The molecule has 1 aromatic carbocycles. The van der Waals surface area contributed by atoms with Gasteiger partial charge in [-0.3, -0.25) is 9.47 Å². The molecule has 0 atom stereocenters. The van der Waals surface area contributed by atoms with Crippen molar-refractivity contribution in [2.75, 3.05) is 19.1 Å². The zero-order chi connectivity index (χ0) is 12.4. The van der Waals surface area contributed by atoms with Gasteiger partial charge < -0.3 is 15.9 Å². The van der Waals surface area contributed by atoms with Crippen molar-refractivity contribution in [1.82, 2.24) is 4.68 Å². The first-order chi connectivity index (χ1) is 8.11. The predicted octanol–water partition coefficient (Wildman–Crippen LogP) is 0.987. The molecule has 1 amide bonds. The number of carbonyl (C=O) groups is 1. The van der Waals surface area contributed by atoms with Crippen molar-refractivity contribution in [3.63, 3.8) is 0 Å². The summed E-state index contributed by atoms with van der Waals surface area (Å²) in [4.78, 5) is 10.7. The third-order valence-electron chi connectivity index (χ3n) is 2.63. The second-order valence-electron chi connectivity index (χ2n) is 3.87. The standard InChI is InChI=1S/C12H15N3O2/c1-8-7-15(14-6-12(13)16)11-4-3-9(17-2)5-10(8)11/h3-5,7,14H,6H2,1-2H3,(H2,13,16). The van der Waals surface area contributed by atoms with Crippen LogP contribution in [-0.4, -0.2) is 24.2 Å². The van der Waals surface area contributed by atoms with Crippen molar-refractivity contribution < 1.29 is 9.53 Å². The van der Waals surface area contributed by atoms with Crippen LogP contribution in [0.15, 0.2) is 24.4 Å².